The van der Waals surface area contributed by atoms with Crippen LogP contribution in [0.5, 0.6) is 0 Å². The van der Waals surface area contributed by atoms with Crippen molar-refractivity contribution in [3.63, 3.8) is 0 Å². The van der Waals surface area contributed by atoms with Crippen LogP contribution in [0.15, 0.2) is 24.3 Å². The molecule has 1 aromatic carbocycles. The van der Waals surface area contributed by atoms with Gasteiger partial charge in [0.15, 0.2) is 0 Å². The second-order valence-electron chi connectivity index (χ2n) is 4.42. The number of carbonyl (C=O) groups is 1. The fourth-order valence-corrected chi connectivity index (χ4v) is 1.86. The van der Waals surface area contributed by atoms with Gasteiger partial charge in [0.25, 0.3) is 0 Å². The molecule has 94 valence electrons. The molecule has 0 heterocycles. The van der Waals surface area contributed by atoms with Crippen LogP contribution < -0.4 is 10.2 Å². The highest BCUT2D eigenvalue weighted by Crippen LogP contribution is 2.18. The summed E-state index contributed by atoms with van der Waals surface area (Å²) in [5.74, 6) is 0.0287. The van der Waals surface area contributed by atoms with Gasteiger partial charge in [-0.05, 0) is 25.1 Å². The summed E-state index contributed by atoms with van der Waals surface area (Å²) in [4.78, 5) is 13.7. The van der Waals surface area contributed by atoms with Crippen molar-refractivity contribution in [3.05, 3.63) is 29.3 Å². The quantitative estimate of drug-likeness (QED) is 0.896. The lowest BCUT2D eigenvalue weighted by Crippen LogP contribution is -2.45. The number of anilines is 1. The van der Waals surface area contributed by atoms with Crippen molar-refractivity contribution in [2.45, 2.75) is 32.9 Å². The molecule has 0 saturated carbocycles. The van der Waals surface area contributed by atoms with Crippen molar-refractivity contribution in [2.75, 3.05) is 11.9 Å². The summed E-state index contributed by atoms with van der Waals surface area (Å²) in [7, 11) is 1.76. The highest BCUT2D eigenvalue weighted by atomic mass is 35.5. The van der Waals surface area contributed by atoms with Crippen molar-refractivity contribution >= 4 is 23.2 Å². The van der Waals surface area contributed by atoms with E-state index in [4.69, 9.17) is 11.6 Å². The first-order valence-electron chi connectivity index (χ1n) is 5.71. The maximum absolute atomic E-state index is 12.1. The Morgan fingerprint density at radius 1 is 1.35 bits per heavy atom. The zero-order valence-electron chi connectivity index (χ0n) is 10.7. The van der Waals surface area contributed by atoms with E-state index in [1.165, 1.54) is 0 Å². The minimum absolute atomic E-state index is 0.0287. The molecule has 0 radical (unpaired) electrons. The van der Waals surface area contributed by atoms with Gasteiger partial charge in [-0.3, -0.25) is 4.79 Å². The van der Waals surface area contributed by atoms with E-state index in [9.17, 15) is 4.79 Å². The van der Waals surface area contributed by atoms with E-state index in [-0.39, 0.29) is 18.0 Å². The molecule has 0 aromatic heterocycles. The third-order valence-corrected chi connectivity index (χ3v) is 2.71. The summed E-state index contributed by atoms with van der Waals surface area (Å²) in [6, 6.07) is 7.34. The van der Waals surface area contributed by atoms with Crippen molar-refractivity contribution in [1.29, 1.82) is 0 Å². The van der Waals surface area contributed by atoms with Crippen LogP contribution in [0.4, 0.5) is 5.69 Å². The van der Waals surface area contributed by atoms with Gasteiger partial charge < -0.3 is 10.2 Å². The number of nitrogens with zero attached hydrogens (tertiary/aromatic N) is 1. The molecule has 1 amide bonds. The highest BCUT2D eigenvalue weighted by molar-refractivity contribution is 6.30. The van der Waals surface area contributed by atoms with Crippen LogP contribution in [0.2, 0.25) is 5.02 Å². The number of carbonyl (C=O) groups excluding carboxylic acids is 1. The molecule has 17 heavy (non-hydrogen) atoms. The van der Waals surface area contributed by atoms with Crippen molar-refractivity contribution in [3.8, 4) is 0 Å². The molecule has 1 aromatic rings. The van der Waals surface area contributed by atoms with E-state index < -0.39 is 0 Å². The summed E-state index contributed by atoms with van der Waals surface area (Å²) in [5, 5.41) is 3.81. The molecule has 0 aliphatic heterocycles. The first-order valence-corrected chi connectivity index (χ1v) is 6.08. The number of amides is 1. The predicted molar refractivity (Wildman–Crippen MR) is 72.6 cm³/mol. The lowest BCUT2D eigenvalue weighted by molar-refractivity contribution is -0.120. The molecule has 3 nitrogen and oxygen atoms in total. The smallest absolute Gasteiger partial charge is 0.243 e. The molecule has 4 heteroatoms. The van der Waals surface area contributed by atoms with Gasteiger partial charge in [-0.2, -0.15) is 0 Å². The monoisotopic (exact) mass is 254 g/mol. The van der Waals surface area contributed by atoms with Crippen LogP contribution >= 0.6 is 11.6 Å². The molecule has 0 aliphatic rings. The topological polar surface area (TPSA) is 32.3 Å². The third kappa shape index (κ3) is 4.02. The van der Waals surface area contributed by atoms with E-state index in [0.29, 0.717) is 5.02 Å². The summed E-state index contributed by atoms with van der Waals surface area (Å²) in [6.45, 7) is 5.90. The van der Waals surface area contributed by atoms with Gasteiger partial charge in [0.05, 0.1) is 6.04 Å². The van der Waals surface area contributed by atoms with Crippen LogP contribution in [0.3, 0.4) is 0 Å². The van der Waals surface area contributed by atoms with Gasteiger partial charge in [0.1, 0.15) is 0 Å². The van der Waals surface area contributed by atoms with Crippen LogP contribution in [-0.4, -0.2) is 25.0 Å². The van der Waals surface area contributed by atoms with Crippen LogP contribution in [0.1, 0.15) is 20.8 Å². The van der Waals surface area contributed by atoms with Crippen molar-refractivity contribution in [2.24, 2.45) is 0 Å². The number of benzene rings is 1. The summed E-state index contributed by atoms with van der Waals surface area (Å²) >= 11 is 5.90. The normalized spacial score (nSPS) is 12.6. The zero-order valence-corrected chi connectivity index (χ0v) is 11.5. The fraction of sp³-hybridized carbons (Fsp3) is 0.462. The Morgan fingerprint density at radius 3 is 2.53 bits per heavy atom. The van der Waals surface area contributed by atoms with Crippen molar-refractivity contribution in [1.82, 2.24) is 5.32 Å². The molecule has 0 aliphatic carbocycles. The number of nitrogens with one attached hydrogen (secondary N) is 1. The van der Waals surface area contributed by atoms with E-state index in [1.54, 1.807) is 24.1 Å². The van der Waals surface area contributed by atoms with Gasteiger partial charge in [0.2, 0.25) is 5.91 Å². The summed E-state index contributed by atoms with van der Waals surface area (Å²) in [6.07, 6.45) is 0. The van der Waals surface area contributed by atoms with Gasteiger partial charge in [-0.15, -0.1) is 0 Å². The number of hydrogen-bond donors (Lipinski definition) is 1. The van der Waals surface area contributed by atoms with Gasteiger partial charge >= 0.3 is 0 Å². The molecule has 0 saturated heterocycles. The van der Waals surface area contributed by atoms with Gasteiger partial charge in [-0.1, -0.05) is 31.5 Å². The highest BCUT2D eigenvalue weighted by Gasteiger charge is 2.18. The molecule has 0 bridgehead atoms. The molecule has 0 spiro atoms. The lowest BCUT2D eigenvalue weighted by Gasteiger charge is -2.23. The third-order valence-electron chi connectivity index (χ3n) is 2.48. The minimum atomic E-state index is -0.209. The molecule has 1 atom stereocenters. The number of hydrogen-bond acceptors (Lipinski definition) is 2. The largest absolute Gasteiger partial charge is 0.314 e. The Hall–Kier alpha value is -1.06. The first-order chi connectivity index (χ1) is 7.91. The SMILES string of the molecule is CC(C)N[C@H](C)C(=O)N(C)c1cccc(Cl)c1. The Labute approximate surface area is 108 Å². The Morgan fingerprint density at radius 2 is 2.00 bits per heavy atom. The maximum atomic E-state index is 12.1. The van der Waals surface area contributed by atoms with Crippen LogP contribution in [-0.2, 0) is 4.79 Å². The zero-order chi connectivity index (χ0) is 13.0. The van der Waals surface area contributed by atoms with E-state index in [1.807, 2.05) is 32.9 Å². The minimum Gasteiger partial charge on any atom is -0.314 e. The lowest BCUT2D eigenvalue weighted by atomic mass is 10.2. The molecule has 1 N–H and O–H groups in total. The molecule has 0 fully saturated rings. The van der Waals surface area contributed by atoms with Crippen LogP contribution in [0.25, 0.3) is 0 Å². The van der Waals surface area contributed by atoms with E-state index in [2.05, 4.69) is 5.32 Å². The first kappa shape index (κ1) is 14.0. The number of rotatable bonds is 4. The molecule has 1 rings (SSSR count). The Bertz CT molecular complexity index is 393. The second kappa shape index (κ2) is 6.03. The van der Waals surface area contributed by atoms with E-state index in [0.717, 1.165) is 5.69 Å². The van der Waals surface area contributed by atoms with Gasteiger partial charge in [0, 0.05) is 23.8 Å². The average molecular weight is 255 g/mol. The number of halogens is 1. The molecule has 0 unspecified atom stereocenters. The Kier molecular flexibility index (Phi) is 4.97. The fourth-order valence-electron chi connectivity index (χ4n) is 1.67. The predicted octanol–water partition coefficient (Wildman–Crippen LogP) is 2.69. The molecular weight excluding hydrogens is 236 g/mol. The second-order valence-corrected chi connectivity index (χ2v) is 4.86. The van der Waals surface area contributed by atoms with Gasteiger partial charge in [-0.25, -0.2) is 0 Å². The molecular formula is C13H19ClN2O. The standard InChI is InChI=1S/C13H19ClN2O/c1-9(2)15-10(3)13(17)16(4)12-7-5-6-11(14)8-12/h5-10,15H,1-4H3/t10-/m1/s1. The maximum Gasteiger partial charge on any atom is 0.243 e. The van der Waals surface area contributed by atoms with Crippen LogP contribution in [0, 0.1) is 0 Å². The average Bonchev–Trinajstić information content (AvgIpc) is 2.26. The number of likely N-dealkylation sites (N-methyl/N-ethyl adjacent to an activating group) is 1. The Balaban J connectivity index is 2.76. The van der Waals surface area contributed by atoms with Crippen molar-refractivity contribution < 1.29 is 4.79 Å². The van der Waals surface area contributed by atoms with E-state index >= 15 is 0 Å². The summed E-state index contributed by atoms with van der Waals surface area (Å²) < 4.78 is 0. The summed E-state index contributed by atoms with van der Waals surface area (Å²) in [5.41, 5.74) is 0.805.